The Morgan fingerprint density at radius 3 is 2.50 bits per heavy atom. The van der Waals surface area contributed by atoms with Gasteiger partial charge in [0, 0.05) is 11.3 Å². The Labute approximate surface area is 158 Å². The van der Waals surface area contributed by atoms with Crippen LogP contribution in [0.3, 0.4) is 0 Å². The summed E-state index contributed by atoms with van der Waals surface area (Å²) in [5.74, 6) is 0.759. The van der Waals surface area contributed by atoms with Crippen molar-refractivity contribution in [2.45, 2.75) is 33.8 Å². The van der Waals surface area contributed by atoms with Crippen molar-refractivity contribution in [1.82, 2.24) is 0 Å². The van der Waals surface area contributed by atoms with E-state index in [9.17, 15) is 4.79 Å². The van der Waals surface area contributed by atoms with Gasteiger partial charge in [-0.25, -0.2) is 0 Å². The number of amides is 1. The fraction of sp³-hybridized carbons (Fsp3) is 0.227. The maximum Gasteiger partial charge on any atom is 0.265 e. The molecule has 134 valence electrons. The van der Waals surface area contributed by atoms with Gasteiger partial charge < -0.3 is 10.1 Å². The van der Waals surface area contributed by atoms with Crippen molar-refractivity contribution in [3.63, 3.8) is 0 Å². The lowest BCUT2D eigenvalue weighted by Crippen LogP contribution is -2.11. The molecule has 0 fully saturated rings. The number of benzene rings is 2. The summed E-state index contributed by atoms with van der Waals surface area (Å²) in [6.07, 6.45) is 1.02. The highest BCUT2D eigenvalue weighted by atomic mass is 32.1. The van der Waals surface area contributed by atoms with Crippen LogP contribution in [0.15, 0.2) is 53.9 Å². The summed E-state index contributed by atoms with van der Waals surface area (Å²) >= 11 is 1.44. The molecular formula is C22H23NO2S. The van der Waals surface area contributed by atoms with Gasteiger partial charge in [-0.15, -0.1) is 11.3 Å². The normalized spacial score (nSPS) is 10.6. The molecule has 2 aromatic carbocycles. The minimum Gasteiger partial charge on any atom is -0.489 e. The van der Waals surface area contributed by atoms with Crippen LogP contribution in [0.5, 0.6) is 5.75 Å². The molecule has 0 atom stereocenters. The topological polar surface area (TPSA) is 38.3 Å². The maximum atomic E-state index is 12.5. The fourth-order valence-electron chi connectivity index (χ4n) is 2.70. The third-order valence-electron chi connectivity index (χ3n) is 4.24. The summed E-state index contributed by atoms with van der Waals surface area (Å²) in [5, 5.41) is 4.95. The number of hydrogen-bond acceptors (Lipinski definition) is 3. The van der Waals surface area contributed by atoms with Gasteiger partial charge in [0.25, 0.3) is 5.91 Å². The van der Waals surface area contributed by atoms with Crippen molar-refractivity contribution >= 4 is 22.9 Å². The number of ether oxygens (including phenoxy) is 1. The van der Waals surface area contributed by atoms with Gasteiger partial charge in [0.1, 0.15) is 12.4 Å². The first-order valence-electron chi connectivity index (χ1n) is 8.73. The number of hydrogen-bond donors (Lipinski definition) is 1. The van der Waals surface area contributed by atoms with Crippen LogP contribution >= 0.6 is 11.3 Å². The van der Waals surface area contributed by atoms with Gasteiger partial charge in [-0.2, -0.15) is 0 Å². The van der Waals surface area contributed by atoms with Crippen LogP contribution in [-0.4, -0.2) is 5.91 Å². The predicted molar refractivity (Wildman–Crippen MR) is 108 cm³/mol. The molecule has 3 nitrogen and oxygen atoms in total. The molecule has 0 unspecified atom stereocenters. The van der Waals surface area contributed by atoms with Crippen LogP contribution in [0.1, 0.15) is 38.8 Å². The number of carbonyl (C=O) groups excluding carboxylic acids is 1. The monoisotopic (exact) mass is 365 g/mol. The van der Waals surface area contributed by atoms with Crippen molar-refractivity contribution in [1.29, 1.82) is 0 Å². The number of rotatable bonds is 6. The fourth-order valence-corrected chi connectivity index (χ4v) is 3.49. The first kappa shape index (κ1) is 18.2. The summed E-state index contributed by atoms with van der Waals surface area (Å²) in [7, 11) is 0. The second kappa shape index (κ2) is 8.19. The van der Waals surface area contributed by atoms with Crippen LogP contribution in [0.2, 0.25) is 0 Å². The van der Waals surface area contributed by atoms with Crippen LogP contribution in [0.25, 0.3) is 0 Å². The molecule has 0 saturated carbocycles. The summed E-state index contributed by atoms with van der Waals surface area (Å²) in [4.78, 5) is 13.2. The Hall–Kier alpha value is -2.59. The average Bonchev–Trinajstić information content (AvgIpc) is 3.12. The minimum absolute atomic E-state index is 0.0829. The van der Waals surface area contributed by atoms with Gasteiger partial charge in [-0.1, -0.05) is 36.8 Å². The zero-order valence-electron chi connectivity index (χ0n) is 15.3. The summed E-state index contributed by atoms with van der Waals surface area (Å²) in [6, 6.07) is 16.0. The van der Waals surface area contributed by atoms with Gasteiger partial charge in [-0.3, -0.25) is 4.79 Å². The van der Waals surface area contributed by atoms with E-state index >= 15 is 0 Å². The molecule has 1 aromatic heterocycles. The highest BCUT2D eigenvalue weighted by molar-refractivity contribution is 7.12. The van der Waals surface area contributed by atoms with E-state index in [0.717, 1.165) is 29.0 Å². The van der Waals surface area contributed by atoms with Crippen LogP contribution in [0, 0.1) is 13.8 Å². The second-order valence-corrected chi connectivity index (χ2v) is 7.29. The molecule has 0 spiro atoms. The number of aryl methyl sites for hydroxylation is 3. The second-order valence-electron chi connectivity index (χ2n) is 6.38. The molecule has 1 amide bonds. The van der Waals surface area contributed by atoms with Crippen molar-refractivity contribution in [2.24, 2.45) is 0 Å². The van der Waals surface area contributed by atoms with Crippen LogP contribution in [-0.2, 0) is 13.0 Å². The molecule has 0 aliphatic rings. The van der Waals surface area contributed by atoms with Crippen molar-refractivity contribution in [3.8, 4) is 5.75 Å². The Morgan fingerprint density at radius 2 is 1.81 bits per heavy atom. The summed E-state index contributed by atoms with van der Waals surface area (Å²) in [5.41, 5.74) is 5.39. The Kier molecular flexibility index (Phi) is 5.74. The third kappa shape index (κ3) is 4.52. The molecule has 3 aromatic rings. The molecule has 0 radical (unpaired) electrons. The lowest BCUT2D eigenvalue weighted by molar-refractivity contribution is 0.103. The van der Waals surface area contributed by atoms with E-state index in [-0.39, 0.29) is 5.91 Å². The van der Waals surface area contributed by atoms with E-state index in [1.165, 1.54) is 22.5 Å². The predicted octanol–water partition coefficient (Wildman–Crippen LogP) is 5.76. The van der Waals surface area contributed by atoms with E-state index in [2.05, 4.69) is 30.4 Å². The van der Waals surface area contributed by atoms with Crippen LogP contribution < -0.4 is 10.1 Å². The maximum absolute atomic E-state index is 12.5. The molecule has 1 heterocycles. The lowest BCUT2D eigenvalue weighted by atomic mass is 10.1. The van der Waals surface area contributed by atoms with E-state index in [0.29, 0.717) is 11.5 Å². The van der Waals surface area contributed by atoms with Crippen molar-refractivity contribution in [3.05, 3.63) is 81.0 Å². The van der Waals surface area contributed by atoms with Crippen LogP contribution in [0.4, 0.5) is 5.69 Å². The van der Waals surface area contributed by atoms with E-state index in [1.54, 1.807) is 0 Å². The van der Waals surface area contributed by atoms with E-state index in [1.807, 2.05) is 49.6 Å². The number of thiophene rings is 1. The molecule has 0 aliphatic carbocycles. The molecule has 4 heteroatoms. The number of nitrogens with one attached hydrogen (secondary N) is 1. The Bertz CT molecular complexity index is 897. The first-order chi connectivity index (χ1) is 12.5. The third-order valence-corrected chi connectivity index (χ3v) is 5.22. The molecular weight excluding hydrogens is 342 g/mol. The lowest BCUT2D eigenvalue weighted by Gasteiger charge is -2.08. The molecule has 0 aliphatic heterocycles. The molecule has 1 N–H and O–H groups in total. The van der Waals surface area contributed by atoms with Gasteiger partial charge in [0.15, 0.2) is 0 Å². The highest BCUT2D eigenvalue weighted by Crippen LogP contribution is 2.21. The number of carbonyl (C=O) groups is 1. The van der Waals surface area contributed by atoms with Crippen molar-refractivity contribution in [2.75, 3.05) is 5.32 Å². The van der Waals surface area contributed by atoms with E-state index in [4.69, 9.17) is 4.74 Å². The Balaban J connectivity index is 1.60. The number of anilines is 1. The van der Waals surface area contributed by atoms with Gasteiger partial charge in [0.05, 0.1) is 4.88 Å². The zero-order chi connectivity index (χ0) is 18.5. The largest absolute Gasteiger partial charge is 0.489 e. The average molecular weight is 365 g/mol. The minimum atomic E-state index is -0.0829. The quantitative estimate of drug-likeness (QED) is 0.603. The molecule has 0 bridgehead atoms. The smallest absolute Gasteiger partial charge is 0.265 e. The van der Waals surface area contributed by atoms with Gasteiger partial charge in [-0.05, 0) is 61.0 Å². The van der Waals surface area contributed by atoms with Gasteiger partial charge >= 0.3 is 0 Å². The zero-order valence-corrected chi connectivity index (χ0v) is 16.2. The Morgan fingerprint density at radius 1 is 1.04 bits per heavy atom. The molecule has 3 rings (SSSR count). The van der Waals surface area contributed by atoms with Crippen molar-refractivity contribution < 1.29 is 9.53 Å². The summed E-state index contributed by atoms with van der Waals surface area (Å²) in [6.45, 7) is 6.63. The first-order valence-corrected chi connectivity index (χ1v) is 9.61. The van der Waals surface area contributed by atoms with Gasteiger partial charge in [0.2, 0.25) is 0 Å². The summed E-state index contributed by atoms with van der Waals surface area (Å²) < 4.78 is 5.81. The molecule has 26 heavy (non-hydrogen) atoms. The SMILES string of the molecule is CCc1ccc(OCc2csc(C(=O)Nc3ccc(C)cc3C)c2)cc1. The van der Waals surface area contributed by atoms with E-state index < -0.39 is 0 Å². The molecule has 0 saturated heterocycles. The highest BCUT2D eigenvalue weighted by Gasteiger charge is 2.11. The standard InChI is InChI=1S/C22H23NO2S/c1-4-17-6-8-19(9-7-17)25-13-18-12-21(26-14-18)22(24)23-20-10-5-15(2)11-16(20)3/h5-12,14H,4,13H2,1-3H3,(H,23,24).